The highest BCUT2D eigenvalue weighted by atomic mass is 31.1. The molecule has 0 bridgehead atoms. The molecular formula is C42H38P2. The monoisotopic (exact) mass is 604 g/mol. The van der Waals surface area contributed by atoms with Crippen LogP contribution in [0, 0.1) is 11.8 Å². The molecule has 4 unspecified atom stereocenters. The van der Waals surface area contributed by atoms with E-state index in [0.717, 1.165) is 0 Å². The van der Waals surface area contributed by atoms with E-state index in [1.807, 2.05) is 0 Å². The minimum Gasteiger partial charge on any atom is -0.0622 e. The molecule has 216 valence electrons. The number of benzene rings is 6. The summed E-state index contributed by atoms with van der Waals surface area (Å²) in [6.45, 7) is 0. The summed E-state index contributed by atoms with van der Waals surface area (Å²) in [5.41, 5.74) is 2.98. The minimum atomic E-state index is -0.503. The van der Waals surface area contributed by atoms with Crippen LogP contribution in [0.1, 0.15) is 23.0 Å². The zero-order valence-electron chi connectivity index (χ0n) is 24.9. The molecule has 0 saturated heterocycles. The third-order valence-corrected chi connectivity index (χ3v) is 14.5. The van der Waals surface area contributed by atoms with E-state index in [2.05, 4.69) is 182 Å². The van der Waals surface area contributed by atoms with Crippen molar-refractivity contribution >= 4 is 37.1 Å². The van der Waals surface area contributed by atoms with Crippen LogP contribution >= 0.6 is 15.8 Å². The van der Waals surface area contributed by atoms with E-state index in [1.54, 1.807) is 0 Å². The lowest BCUT2D eigenvalue weighted by atomic mass is 9.53. The molecule has 0 heterocycles. The highest BCUT2D eigenvalue weighted by molar-refractivity contribution is 7.73. The van der Waals surface area contributed by atoms with Crippen molar-refractivity contribution in [3.8, 4) is 0 Å². The summed E-state index contributed by atoms with van der Waals surface area (Å²) in [5, 5.41) is 5.93. The van der Waals surface area contributed by atoms with Gasteiger partial charge in [0, 0.05) is 0 Å². The Bertz CT molecular complexity index is 1500. The molecule has 1 aliphatic carbocycles. The quantitative estimate of drug-likeness (QED) is 0.137. The van der Waals surface area contributed by atoms with Gasteiger partial charge in [-0.05, 0) is 84.2 Å². The van der Waals surface area contributed by atoms with E-state index in [4.69, 9.17) is 0 Å². The molecule has 0 amide bonds. The molecule has 44 heavy (non-hydrogen) atoms. The highest BCUT2D eigenvalue weighted by Crippen LogP contribution is 2.63. The van der Waals surface area contributed by atoms with Gasteiger partial charge >= 0.3 is 0 Å². The first-order chi connectivity index (χ1) is 21.9. The summed E-state index contributed by atoms with van der Waals surface area (Å²) >= 11 is 0. The molecule has 6 aromatic rings. The topological polar surface area (TPSA) is 0 Å². The Kier molecular flexibility index (Phi) is 9.11. The van der Waals surface area contributed by atoms with Gasteiger partial charge in [0.2, 0.25) is 0 Å². The average molecular weight is 605 g/mol. The molecule has 0 spiro atoms. The van der Waals surface area contributed by atoms with Crippen molar-refractivity contribution in [2.75, 3.05) is 12.3 Å². The van der Waals surface area contributed by atoms with Gasteiger partial charge in [-0.15, -0.1) is 0 Å². The number of hydrogen-bond acceptors (Lipinski definition) is 0. The van der Waals surface area contributed by atoms with Crippen LogP contribution in [0.25, 0.3) is 0 Å². The van der Waals surface area contributed by atoms with Crippen LogP contribution in [-0.2, 0) is 0 Å². The van der Waals surface area contributed by atoms with Gasteiger partial charge < -0.3 is 0 Å². The zero-order chi connectivity index (χ0) is 29.6. The Morgan fingerprint density at radius 1 is 0.295 bits per heavy atom. The number of hydrogen-bond donors (Lipinski definition) is 0. The molecule has 6 aromatic carbocycles. The Morgan fingerprint density at radius 3 is 0.773 bits per heavy atom. The molecule has 0 aliphatic heterocycles. The van der Waals surface area contributed by atoms with Crippen LogP contribution in [0.15, 0.2) is 182 Å². The van der Waals surface area contributed by atoms with E-state index < -0.39 is 15.8 Å². The van der Waals surface area contributed by atoms with Crippen molar-refractivity contribution in [3.05, 3.63) is 193 Å². The van der Waals surface area contributed by atoms with Gasteiger partial charge in [0.1, 0.15) is 0 Å². The third-order valence-electron chi connectivity index (χ3n) is 9.29. The molecule has 4 atom stereocenters. The average Bonchev–Trinajstić information content (AvgIpc) is 3.10. The van der Waals surface area contributed by atoms with Gasteiger partial charge in [-0.1, -0.05) is 182 Å². The minimum absolute atomic E-state index is 0.490. The SMILES string of the molecule is c1ccc(C2C(CP(c3ccccc3)c3ccccc3)C(CP(c3ccccc3)c3ccccc3)C2c2ccccc2)cc1. The zero-order valence-corrected chi connectivity index (χ0v) is 26.7. The molecule has 1 saturated carbocycles. The fraction of sp³-hybridized carbons (Fsp3) is 0.143. The normalized spacial score (nSPS) is 19.5. The highest BCUT2D eigenvalue weighted by Gasteiger charge is 2.52. The first-order valence-corrected chi connectivity index (χ1v) is 18.8. The van der Waals surface area contributed by atoms with E-state index >= 15 is 0 Å². The summed E-state index contributed by atoms with van der Waals surface area (Å²) in [7, 11) is -1.01. The van der Waals surface area contributed by atoms with Crippen LogP contribution in [0.5, 0.6) is 0 Å². The van der Waals surface area contributed by atoms with Crippen molar-refractivity contribution in [2.45, 2.75) is 11.8 Å². The second kappa shape index (κ2) is 13.9. The Morgan fingerprint density at radius 2 is 0.523 bits per heavy atom. The Labute approximate surface area is 265 Å². The standard InChI is InChI=1S/C42H38P2/c1-7-19-33(20-8-1)41-39(31-43(35-23-11-3-12-24-35)36-25-13-4-14-26-36)40(42(41)34-21-9-2-10-22-34)32-44(37-27-15-5-16-28-37)38-29-17-6-18-30-38/h1-30,39-42H,31-32H2. The summed E-state index contributed by atoms with van der Waals surface area (Å²) in [4.78, 5) is 0. The largest absolute Gasteiger partial charge is 0.0622 e. The van der Waals surface area contributed by atoms with Gasteiger partial charge in [-0.2, -0.15) is 0 Å². The predicted molar refractivity (Wildman–Crippen MR) is 193 cm³/mol. The lowest BCUT2D eigenvalue weighted by Crippen LogP contribution is -2.48. The van der Waals surface area contributed by atoms with Crippen LogP contribution < -0.4 is 21.2 Å². The van der Waals surface area contributed by atoms with Crippen molar-refractivity contribution < 1.29 is 0 Å². The first-order valence-electron chi connectivity index (χ1n) is 15.7. The summed E-state index contributed by atoms with van der Waals surface area (Å²) in [6.07, 6.45) is 2.40. The van der Waals surface area contributed by atoms with Crippen molar-refractivity contribution in [2.24, 2.45) is 11.8 Å². The predicted octanol–water partition coefficient (Wildman–Crippen LogP) is 9.07. The summed E-state index contributed by atoms with van der Waals surface area (Å²) in [6, 6.07) is 68.1. The van der Waals surface area contributed by atoms with Gasteiger partial charge in [-0.25, -0.2) is 0 Å². The van der Waals surface area contributed by atoms with Crippen LogP contribution in [0.3, 0.4) is 0 Å². The molecule has 0 N–H and O–H groups in total. The molecule has 0 nitrogen and oxygen atoms in total. The summed E-state index contributed by atoms with van der Waals surface area (Å²) < 4.78 is 0. The molecule has 1 aliphatic rings. The maximum Gasteiger partial charge on any atom is -0.00553 e. The van der Waals surface area contributed by atoms with E-state index in [1.165, 1.54) is 44.7 Å². The molecular weight excluding hydrogens is 566 g/mol. The smallest absolute Gasteiger partial charge is 0.00553 e. The maximum absolute atomic E-state index is 2.38. The van der Waals surface area contributed by atoms with Crippen LogP contribution in [0.4, 0.5) is 0 Å². The fourth-order valence-corrected chi connectivity index (χ4v) is 12.7. The van der Waals surface area contributed by atoms with Crippen LogP contribution in [0.2, 0.25) is 0 Å². The van der Waals surface area contributed by atoms with E-state index in [9.17, 15) is 0 Å². The summed E-state index contributed by atoms with van der Waals surface area (Å²) in [5.74, 6) is 2.13. The fourth-order valence-electron chi connectivity index (χ4n) is 7.25. The second-order valence-electron chi connectivity index (χ2n) is 11.8. The van der Waals surface area contributed by atoms with E-state index in [-0.39, 0.29) is 0 Å². The second-order valence-corrected chi connectivity index (χ2v) is 16.3. The van der Waals surface area contributed by atoms with Gasteiger partial charge in [-0.3, -0.25) is 0 Å². The molecule has 1 fully saturated rings. The number of rotatable bonds is 10. The van der Waals surface area contributed by atoms with Gasteiger partial charge in [0.25, 0.3) is 0 Å². The third kappa shape index (κ3) is 6.21. The molecule has 0 radical (unpaired) electrons. The van der Waals surface area contributed by atoms with Crippen molar-refractivity contribution in [1.82, 2.24) is 0 Å². The van der Waals surface area contributed by atoms with Gasteiger partial charge in [0.15, 0.2) is 0 Å². The Hall–Kier alpha value is -3.82. The Balaban J connectivity index is 1.34. The lowest BCUT2D eigenvalue weighted by Gasteiger charge is -2.55. The van der Waals surface area contributed by atoms with Crippen molar-refractivity contribution in [3.63, 3.8) is 0 Å². The van der Waals surface area contributed by atoms with E-state index in [0.29, 0.717) is 23.7 Å². The lowest BCUT2D eigenvalue weighted by molar-refractivity contribution is 0.130. The molecule has 0 aromatic heterocycles. The molecule has 2 heteroatoms. The van der Waals surface area contributed by atoms with Crippen LogP contribution in [-0.4, -0.2) is 12.3 Å². The molecule has 7 rings (SSSR count). The van der Waals surface area contributed by atoms with Gasteiger partial charge in [0.05, 0.1) is 0 Å². The first kappa shape index (κ1) is 28.9. The maximum atomic E-state index is 2.38. The van der Waals surface area contributed by atoms with Crippen molar-refractivity contribution in [1.29, 1.82) is 0 Å².